The first-order chi connectivity index (χ1) is 15.4. The van der Waals surface area contributed by atoms with E-state index >= 15 is 0 Å². The van der Waals surface area contributed by atoms with E-state index in [4.69, 9.17) is 9.47 Å². The molecule has 1 N–H and O–H groups in total. The molecule has 0 unspecified atom stereocenters. The third kappa shape index (κ3) is 5.54. The van der Waals surface area contributed by atoms with Crippen molar-refractivity contribution >= 4 is 23.8 Å². The van der Waals surface area contributed by atoms with Crippen molar-refractivity contribution in [3.8, 4) is 11.5 Å². The van der Waals surface area contributed by atoms with Gasteiger partial charge in [-0.3, -0.25) is 14.9 Å². The highest BCUT2D eigenvalue weighted by atomic mass is 16.6. The molecule has 162 valence electrons. The number of nitrogens with zero attached hydrogens (tertiary/aromatic N) is 2. The van der Waals surface area contributed by atoms with Crippen LogP contribution < -0.4 is 14.9 Å². The normalized spacial score (nSPS) is 10.6. The fraction of sp³-hybridized carbons (Fsp3) is 0.0870. The highest BCUT2D eigenvalue weighted by Gasteiger charge is 2.13. The van der Waals surface area contributed by atoms with Crippen LogP contribution in [0.1, 0.15) is 31.8 Å². The van der Waals surface area contributed by atoms with Gasteiger partial charge in [0.1, 0.15) is 0 Å². The second-order valence-electron chi connectivity index (χ2n) is 6.67. The Bertz CT molecular complexity index is 1190. The Morgan fingerprint density at radius 2 is 1.75 bits per heavy atom. The van der Waals surface area contributed by atoms with Gasteiger partial charge in [0.2, 0.25) is 0 Å². The van der Waals surface area contributed by atoms with Gasteiger partial charge in [0.05, 0.1) is 23.8 Å². The van der Waals surface area contributed by atoms with Gasteiger partial charge in [0, 0.05) is 17.7 Å². The Morgan fingerprint density at radius 3 is 2.44 bits per heavy atom. The van der Waals surface area contributed by atoms with E-state index in [9.17, 15) is 19.7 Å². The predicted molar refractivity (Wildman–Crippen MR) is 117 cm³/mol. The zero-order chi connectivity index (χ0) is 23.1. The maximum Gasteiger partial charge on any atom is 0.343 e. The van der Waals surface area contributed by atoms with Crippen LogP contribution in [0.15, 0.2) is 71.8 Å². The lowest BCUT2D eigenvalue weighted by molar-refractivity contribution is -0.384. The van der Waals surface area contributed by atoms with Gasteiger partial charge in [-0.1, -0.05) is 23.8 Å². The van der Waals surface area contributed by atoms with Gasteiger partial charge in [0.15, 0.2) is 11.5 Å². The van der Waals surface area contributed by atoms with Crippen LogP contribution in [0.4, 0.5) is 5.69 Å². The fourth-order valence-electron chi connectivity index (χ4n) is 2.69. The molecular weight excluding hydrogens is 414 g/mol. The molecule has 0 heterocycles. The van der Waals surface area contributed by atoms with Gasteiger partial charge in [-0.15, -0.1) is 0 Å². The molecule has 9 heteroatoms. The van der Waals surface area contributed by atoms with Gasteiger partial charge < -0.3 is 9.47 Å². The highest BCUT2D eigenvalue weighted by Crippen LogP contribution is 2.28. The second kappa shape index (κ2) is 9.98. The Kier molecular flexibility index (Phi) is 6.92. The van der Waals surface area contributed by atoms with E-state index in [0.29, 0.717) is 16.9 Å². The number of nitrogens with one attached hydrogen (secondary N) is 1. The number of amides is 1. The fourth-order valence-corrected chi connectivity index (χ4v) is 2.69. The maximum atomic E-state index is 12.3. The van der Waals surface area contributed by atoms with E-state index < -0.39 is 16.8 Å². The molecule has 0 aliphatic heterocycles. The average Bonchev–Trinajstić information content (AvgIpc) is 2.80. The van der Waals surface area contributed by atoms with Crippen molar-refractivity contribution in [3.05, 3.63) is 99.1 Å². The zero-order valence-electron chi connectivity index (χ0n) is 17.3. The molecule has 0 bridgehead atoms. The standard InChI is InChI=1S/C23H19N3O6/c1-15-6-9-17(10-7-15)23(28)32-20-11-8-16(12-21(20)31-2)14-24-25-22(27)18-4-3-5-19(13-18)26(29)30/h3-14H,1-2H3,(H,25,27)/b24-14-. The monoisotopic (exact) mass is 433 g/mol. The second-order valence-corrected chi connectivity index (χ2v) is 6.67. The largest absolute Gasteiger partial charge is 0.493 e. The van der Waals surface area contributed by atoms with Crippen molar-refractivity contribution in [1.82, 2.24) is 5.43 Å². The summed E-state index contributed by atoms with van der Waals surface area (Å²) in [4.78, 5) is 34.7. The topological polar surface area (TPSA) is 120 Å². The maximum absolute atomic E-state index is 12.3. The van der Waals surface area contributed by atoms with Gasteiger partial charge in [-0.25, -0.2) is 10.2 Å². The van der Waals surface area contributed by atoms with Crippen molar-refractivity contribution < 1.29 is 24.0 Å². The molecule has 0 aromatic heterocycles. The summed E-state index contributed by atoms with van der Waals surface area (Å²) < 4.78 is 10.7. The van der Waals surface area contributed by atoms with Crippen LogP contribution in [-0.2, 0) is 0 Å². The number of nitro groups is 1. The third-order valence-corrected chi connectivity index (χ3v) is 4.38. The number of hydrogen-bond acceptors (Lipinski definition) is 7. The number of carbonyl (C=O) groups is 2. The van der Waals surface area contributed by atoms with Crippen LogP contribution in [0, 0.1) is 17.0 Å². The van der Waals surface area contributed by atoms with Crippen LogP contribution in [0.3, 0.4) is 0 Å². The lowest BCUT2D eigenvalue weighted by Crippen LogP contribution is -2.17. The first-order valence-corrected chi connectivity index (χ1v) is 9.42. The molecule has 0 saturated heterocycles. The summed E-state index contributed by atoms with van der Waals surface area (Å²) in [6, 6.07) is 17.1. The number of rotatable bonds is 7. The molecule has 3 aromatic rings. The first kappa shape index (κ1) is 22.2. The third-order valence-electron chi connectivity index (χ3n) is 4.38. The molecule has 9 nitrogen and oxygen atoms in total. The van der Waals surface area contributed by atoms with Crippen molar-refractivity contribution in [2.24, 2.45) is 5.10 Å². The molecule has 0 fully saturated rings. The van der Waals surface area contributed by atoms with Gasteiger partial charge in [-0.05, 0) is 48.9 Å². The van der Waals surface area contributed by atoms with Gasteiger partial charge in [-0.2, -0.15) is 5.10 Å². The SMILES string of the molecule is COc1cc(/C=N\NC(=O)c2cccc([N+](=O)[O-])c2)ccc1OC(=O)c1ccc(C)cc1. The summed E-state index contributed by atoms with van der Waals surface area (Å²) in [6.45, 7) is 1.92. The number of aryl methyl sites for hydroxylation is 1. The number of benzene rings is 3. The zero-order valence-corrected chi connectivity index (χ0v) is 17.3. The summed E-state index contributed by atoms with van der Waals surface area (Å²) in [5, 5.41) is 14.7. The summed E-state index contributed by atoms with van der Waals surface area (Å²) in [7, 11) is 1.43. The average molecular weight is 433 g/mol. The summed E-state index contributed by atoms with van der Waals surface area (Å²) >= 11 is 0. The molecule has 0 aliphatic carbocycles. The quantitative estimate of drug-likeness (QED) is 0.198. The molecule has 1 amide bonds. The summed E-state index contributed by atoms with van der Waals surface area (Å²) in [5.74, 6) is -0.579. The van der Waals surface area contributed by atoms with Crippen LogP contribution >= 0.6 is 0 Å². The van der Waals surface area contributed by atoms with E-state index in [0.717, 1.165) is 11.6 Å². The Labute approximate surface area is 183 Å². The minimum Gasteiger partial charge on any atom is -0.493 e. The smallest absolute Gasteiger partial charge is 0.343 e. The van der Waals surface area contributed by atoms with Crippen LogP contribution in [0.25, 0.3) is 0 Å². The van der Waals surface area contributed by atoms with Crippen molar-refractivity contribution in [3.63, 3.8) is 0 Å². The number of ether oxygens (including phenoxy) is 2. The van der Waals surface area contributed by atoms with Crippen LogP contribution in [-0.4, -0.2) is 30.1 Å². The summed E-state index contributed by atoms with van der Waals surface area (Å²) in [6.07, 6.45) is 1.36. The van der Waals surface area contributed by atoms with E-state index in [-0.39, 0.29) is 17.0 Å². The van der Waals surface area contributed by atoms with E-state index in [1.54, 1.807) is 30.3 Å². The molecular formula is C23H19N3O6. The summed E-state index contributed by atoms with van der Waals surface area (Å²) in [5.41, 5.74) is 4.22. The minimum atomic E-state index is -0.597. The Hall–Kier alpha value is -4.53. The van der Waals surface area contributed by atoms with E-state index in [2.05, 4.69) is 10.5 Å². The predicted octanol–water partition coefficient (Wildman–Crippen LogP) is 3.89. The van der Waals surface area contributed by atoms with Gasteiger partial charge in [0.25, 0.3) is 11.6 Å². The Balaban J connectivity index is 1.67. The molecule has 0 spiro atoms. The number of nitro benzene ring substituents is 1. The van der Waals surface area contributed by atoms with Gasteiger partial charge >= 0.3 is 5.97 Å². The van der Waals surface area contributed by atoms with Crippen molar-refractivity contribution in [1.29, 1.82) is 0 Å². The number of carbonyl (C=O) groups excluding carboxylic acids is 2. The number of esters is 1. The molecule has 3 aromatic carbocycles. The lowest BCUT2D eigenvalue weighted by atomic mass is 10.1. The number of non-ortho nitro benzene ring substituents is 1. The molecule has 0 aliphatic rings. The van der Waals surface area contributed by atoms with Crippen molar-refractivity contribution in [2.75, 3.05) is 7.11 Å². The molecule has 3 rings (SSSR count). The lowest BCUT2D eigenvalue weighted by Gasteiger charge is -2.10. The number of hydrogen-bond donors (Lipinski definition) is 1. The Morgan fingerprint density at radius 1 is 1.00 bits per heavy atom. The van der Waals surface area contributed by atoms with Crippen molar-refractivity contribution in [2.45, 2.75) is 6.92 Å². The first-order valence-electron chi connectivity index (χ1n) is 9.42. The van der Waals surface area contributed by atoms with Crippen LogP contribution in [0.5, 0.6) is 11.5 Å². The number of hydrazone groups is 1. The molecule has 0 radical (unpaired) electrons. The molecule has 0 atom stereocenters. The van der Waals surface area contributed by atoms with E-state index in [1.807, 2.05) is 19.1 Å². The molecule has 32 heavy (non-hydrogen) atoms. The van der Waals surface area contributed by atoms with E-state index in [1.165, 1.54) is 31.5 Å². The minimum absolute atomic E-state index is 0.104. The molecule has 0 saturated carbocycles. The van der Waals surface area contributed by atoms with Crippen LogP contribution in [0.2, 0.25) is 0 Å². The number of methoxy groups -OCH3 is 1. The highest BCUT2D eigenvalue weighted by molar-refractivity contribution is 5.95.